The lowest BCUT2D eigenvalue weighted by Gasteiger charge is -2.12. The van der Waals surface area contributed by atoms with Crippen LogP contribution in [0.15, 0.2) is 5.16 Å². The Morgan fingerprint density at radius 1 is 1.47 bits per heavy atom. The topological polar surface area (TPSA) is 59.9 Å². The summed E-state index contributed by atoms with van der Waals surface area (Å²) in [6, 6.07) is 0. The number of halogens is 1. The molecule has 0 amide bonds. The second-order valence-electron chi connectivity index (χ2n) is 3.76. The van der Waals surface area contributed by atoms with Gasteiger partial charge in [0.15, 0.2) is 5.16 Å². The zero-order valence-corrected chi connectivity index (χ0v) is 11.4. The largest absolute Gasteiger partial charge is 0.377 e. The fourth-order valence-corrected chi connectivity index (χ4v) is 2.87. The van der Waals surface area contributed by atoms with Gasteiger partial charge in [-0.05, 0) is 31.9 Å². The molecule has 0 bridgehead atoms. The van der Waals surface area contributed by atoms with Gasteiger partial charge in [-0.15, -0.1) is 0 Å². The van der Waals surface area contributed by atoms with Crippen molar-refractivity contribution in [1.82, 2.24) is 15.0 Å². The van der Waals surface area contributed by atoms with Crippen LogP contribution in [0.1, 0.15) is 20.3 Å². The van der Waals surface area contributed by atoms with Gasteiger partial charge in [-0.3, -0.25) is 0 Å². The summed E-state index contributed by atoms with van der Waals surface area (Å²) in [5.74, 6) is 0.529. The van der Waals surface area contributed by atoms with Gasteiger partial charge in [0.2, 0.25) is 11.2 Å². The number of aromatic nitrogens is 3. The first-order valence-electron chi connectivity index (χ1n) is 5.62. The Hall–Kier alpha value is -0.590. The van der Waals surface area contributed by atoms with E-state index >= 15 is 0 Å². The van der Waals surface area contributed by atoms with Crippen LogP contribution in [-0.2, 0) is 4.74 Å². The van der Waals surface area contributed by atoms with E-state index in [-0.39, 0.29) is 11.4 Å². The van der Waals surface area contributed by atoms with E-state index in [1.807, 2.05) is 6.92 Å². The number of nitrogens with one attached hydrogen (secondary N) is 1. The summed E-state index contributed by atoms with van der Waals surface area (Å²) in [6.45, 7) is 5.61. The second kappa shape index (κ2) is 5.84. The van der Waals surface area contributed by atoms with Crippen molar-refractivity contribution in [3.05, 3.63) is 5.28 Å². The Kier molecular flexibility index (Phi) is 4.42. The van der Waals surface area contributed by atoms with E-state index in [1.54, 1.807) is 11.8 Å². The first kappa shape index (κ1) is 12.9. The average Bonchev–Trinajstić information content (AvgIpc) is 2.64. The zero-order chi connectivity index (χ0) is 12.3. The fourth-order valence-electron chi connectivity index (χ4n) is 1.62. The third-order valence-electron chi connectivity index (χ3n) is 2.49. The molecule has 2 atom stereocenters. The van der Waals surface area contributed by atoms with Crippen molar-refractivity contribution in [2.24, 2.45) is 0 Å². The van der Waals surface area contributed by atoms with Gasteiger partial charge in [-0.1, -0.05) is 11.8 Å². The molecule has 2 unspecified atom stereocenters. The van der Waals surface area contributed by atoms with Gasteiger partial charge in [0.25, 0.3) is 0 Å². The molecule has 0 aromatic carbocycles. The van der Waals surface area contributed by atoms with Crippen LogP contribution >= 0.6 is 23.4 Å². The highest BCUT2D eigenvalue weighted by Gasteiger charge is 2.26. The number of nitrogens with zero attached hydrogens (tertiary/aromatic N) is 3. The van der Waals surface area contributed by atoms with Crippen LogP contribution in [0.25, 0.3) is 0 Å². The summed E-state index contributed by atoms with van der Waals surface area (Å²) in [7, 11) is 0. The molecule has 1 aliphatic rings. The van der Waals surface area contributed by atoms with Crippen LogP contribution in [0.3, 0.4) is 0 Å². The summed E-state index contributed by atoms with van der Waals surface area (Å²) in [6.07, 6.45) is 1.25. The number of rotatable bonds is 4. The molecule has 1 fully saturated rings. The highest BCUT2D eigenvalue weighted by molar-refractivity contribution is 7.99. The molecule has 0 aliphatic carbocycles. The lowest BCUT2D eigenvalue weighted by Crippen LogP contribution is -2.14. The quantitative estimate of drug-likeness (QED) is 0.909. The first-order chi connectivity index (χ1) is 8.19. The Balaban J connectivity index is 2.09. The molecule has 2 heterocycles. The number of anilines is 1. The molecular weight excluding hydrogens is 260 g/mol. The average molecular weight is 275 g/mol. The van der Waals surface area contributed by atoms with Crippen LogP contribution in [0, 0.1) is 0 Å². The van der Waals surface area contributed by atoms with Crippen molar-refractivity contribution in [2.45, 2.75) is 36.8 Å². The van der Waals surface area contributed by atoms with Gasteiger partial charge in [-0.2, -0.15) is 15.0 Å². The van der Waals surface area contributed by atoms with Crippen molar-refractivity contribution in [3.8, 4) is 0 Å². The van der Waals surface area contributed by atoms with E-state index in [4.69, 9.17) is 16.3 Å². The van der Waals surface area contributed by atoms with E-state index in [2.05, 4.69) is 27.2 Å². The highest BCUT2D eigenvalue weighted by Crippen LogP contribution is 2.31. The lowest BCUT2D eigenvalue weighted by atomic mass is 10.3. The molecule has 94 valence electrons. The van der Waals surface area contributed by atoms with Crippen LogP contribution < -0.4 is 5.32 Å². The minimum absolute atomic E-state index is 0.227. The minimum atomic E-state index is 0.227. The Bertz CT molecular complexity index is 393. The zero-order valence-electron chi connectivity index (χ0n) is 9.81. The standard InChI is InChI=1S/C10H15ClN4OS/c1-3-12-9-13-8(11)14-10(15-9)17-7-4-5-16-6(7)2/h6-7H,3-5H2,1-2H3,(H,12,13,14,15). The summed E-state index contributed by atoms with van der Waals surface area (Å²) in [5.41, 5.74) is 0. The molecule has 0 spiro atoms. The van der Waals surface area contributed by atoms with Crippen molar-refractivity contribution >= 4 is 29.3 Å². The maximum atomic E-state index is 5.86. The SMILES string of the molecule is CCNc1nc(Cl)nc(SC2CCOC2C)n1. The van der Waals surface area contributed by atoms with Gasteiger partial charge in [0, 0.05) is 18.4 Å². The molecule has 5 nitrogen and oxygen atoms in total. The molecular formula is C10H15ClN4OS. The number of hydrogen-bond acceptors (Lipinski definition) is 6. The molecule has 0 radical (unpaired) electrons. The fraction of sp³-hybridized carbons (Fsp3) is 0.700. The molecule has 0 saturated carbocycles. The van der Waals surface area contributed by atoms with E-state index in [1.165, 1.54) is 0 Å². The Labute approximate surface area is 110 Å². The van der Waals surface area contributed by atoms with Crippen molar-refractivity contribution < 1.29 is 4.74 Å². The molecule has 7 heteroatoms. The maximum Gasteiger partial charge on any atom is 0.228 e. The molecule has 1 N–H and O–H groups in total. The second-order valence-corrected chi connectivity index (χ2v) is 5.31. The Morgan fingerprint density at radius 2 is 2.29 bits per heavy atom. The van der Waals surface area contributed by atoms with Gasteiger partial charge in [0.1, 0.15) is 0 Å². The van der Waals surface area contributed by atoms with Gasteiger partial charge < -0.3 is 10.1 Å². The predicted octanol–water partition coefficient (Wildman–Crippen LogP) is 2.23. The van der Waals surface area contributed by atoms with Crippen LogP contribution in [0.5, 0.6) is 0 Å². The first-order valence-corrected chi connectivity index (χ1v) is 6.88. The van der Waals surface area contributed by atoms with E-state index in [9.17, 15) is 0 Å². The van der Waals surface area contributed by atoms with Crippen molar-refractivity contribution in [1.29, 1.82) is 0 Å². The highest BCUT2D eigenvalue weighted by atomic mass is 35.5. The van der Waals surface area contributed by atoms with Gasteiger partial charge >= 0.3 is 0 Å². The summed E-state index contributed by atoms with van der Waals surface area (Å²) < 4.78 is 5.50. The van der Waals surface area contributed by atoms with Crippen molar-refractivity contribution in [3.63, 3.8) is 0 Å². The number of thioether (sulfide) groups is 1. The third kappa shape index (κ3) is 3.43. The normalized spacial score (nSPS) is 23.9. The molecule has 1 saturated heterocycles. The monoisotopic (exact) mass is 274 g/mol. The van der Waals surface area contributed by atoms with Crippen LogP contribution in [0.2, 0.25) is 5.28 Å². The minimum Gasteiger partial charge on any atom is -0.377 e. The number of ether oxygens (including phenoxy) is 1. The smallest absolute Gasteiger partial charge is 0.228 e. The molecule has 17 heavy (non-hydrogen) atoms. The summed E-state index contributed by atoms with van der Waals surface area (Å²) in [4.78, 5) is 12.4. The molecule has 1 aromatic rings. The summed E-state index contributed by atoms with van der Waals surface area (Å²) >= 11 is 7.46. The third-order valence-corrected chi connectivity index (χ3v) is 3.97. The van der Waals surface area contributed by atoms with Gasteiger partial charge in [-0.25, -0.2) is 0 Å². The van der Waals surface area contributed by atoms with E-state index < -0.39 is 0 Å². The van der Waals surface area contributed by atoms with Crippen molar-refractivity contribution in [2.75, 3.05) is 18.5 Å². The Morgan fingerprint density at radius 3 is 2.94 bits per heavy atom. The molecule has 2 rings (SSSR count). The predicted molar refractivity (Wildman–Crippen MR) is 68.7 cm³/mol. The van der Waals surface area contributed by atoms with Crippen LogP contribution in [-0.4, -0.2) is 39.5 Å². The van der Waals surface area contributed by atoms with Gasteiger partial charge in [0.05, 0.1) is 6.10 Å². The molecule has 1 aromatic heterocycles. The van der Waals surface area contributed by atoms with E-state index in [0.29, 0.717) is 16.4 Å². The maximum absolute atomic E-state index is 5.86. The van der Waals surface area contributed by atoms with Crippen LogP contribution in [0.4, 0.5) is 5.95 Å². The molecule has 1 aliphatic heterocycles. The number of hydrogen-bond donors (Lipinski definition) is 1. The summed E-state index contributed by atoms with van der Waals surface area (Å²) in [5, 5.41) is 4.31. The lowest BCUT2D eigenvalue weighted by molar-refractivity contribution is 0.127. The van der Waals surface area contributed by atoms with E-state index in [0.717, 1.165) is 19.6 Å².